The van der Waals surface area contributed by atoms with Gasteiger partial charge in [0, 0.05) is 19.7 Å². The summed E-state index contributed by atoms with van der Waals surface area (Å²) in [7, 11) is 0. The number of hydrogen-bond acceptors (Lipinski definition) is 3. The SMILES string of the molecule is Cc1ccc(CNCC(O)COCC2CC2)cc1C. The molecule has 19 heavy (non-hydrogen) atoms. The highest BCUT2D eigenvalue weighted by molar-refractivity contribution is 5.29. The number of benzene rings is 1. The molecule has 1 aliphatic rings. The molecule has 0 radical (unpaired) electrons. The molecule has 1 saturated carbocycles. The molecule has 106 valence electrons. The van der Waals surface area contributed by atoms with E-state index in [4.69, 9.17) is 4.74 Å². The molecule has 3 heteroatoms. The topological polar surface area (TPSA) is 41.5 Å². The standard InChI is InChI=1S/C16H25NO2/c1-12-3-4-15(7-13(12)2)8-17-9-16(18)11-19-10-14-5-6-14/h3-4,7,14,16-18H,5-6,8-11H2,1-2H3. The molecular formula is C16H25NO2. The van der Waals surface area contributed by atoms with Crippen LogP contribution in [0.15, 0.2) is 18.2 Å². The molecule has 1 fully saturated rings. The van der Waals surface area contributed by atoms with E-state index in [0.717, 1.165) is 19.1 Å². The first-order valence-electron chi connectivity index (χ1n) is 7.18. The smallest absolute Gasteiger partial charge is 0.0897 e. The minimum atomic E-state index is -0.412. The second kappa shape index (κ2) is 7.04. The van der Waals surface area contributed by atoms with E-state index in [-0.39, 0.29) is 0 Å². The van der Waals surface area contributed by atoms with Gasteiger partial charge in [-0.05, 0) is 49.3 Å². The fourth-order valence-corrected chi connectivity index (χ4v) is 2.01. The van der Waals surface area contributed by atoms with Crippen molar-refractivity contribution in [3.05, 3.63) is 34.9 Å². The van der Waals surface area contributed by atoms with Crippen molar-refractivity contribution in [1.82, 2.24) is 5.32 Å². The van der Waals surface area contributed by atoms with E-state index in [2.05, 4.69) is 37.4 Å². The van der Waals surface area contributed by atoms with E-state index in [1.165, 1.54) is 29.5 Å². The van der Waals surface area contributed by atoms with Gasteiger partial charge < -0.3 is 15.2 Å². The number of aliphatic hydroxyl groups is 1. The van der Waals surface area contributed by atoms with Crippen molar-refractivity contribution < 1.29 is 9.84 Å². The monoisotopic (exact) mass is 263 g/mol. The minimum absolute atomic E-state index is 0.412. The Bertz CT molecular complexity index is 402. The van der Waals surface area contributed by atoms with Crippen molar-refractivity contribution in [2.75, 3.05) is 19.8 Å². The van der Waals surface area contributed by atoms with Crippen LogP contribution in [0.1, 0.15) is 29.5 Å². The first-order chi connectivity index (χ1) is 9.15. The predicted octanol–water partition coefficient (Wildman–Crippen LogP) is 2.18. The zero-order chi connectivity index (χ0) is 13.7. The molecule has 3 nitrogen and oxygen atoms in total. The van der Waals surface area contributed by atoms with Gasteiger partial charge in [-0.3, -0.25) is 0 Å². The van der Waals surface area contributed by atoms with Gasteiger partial charge in [0.05, 0.1) is 12.7 Å². The summed E-state index contributed by atoms with van der Waals surface area (Å²) in [4.78, 5) is 0. The number of aliphatic hydroxyl groups excluding tert-OH is 1. The maximum Gasteiger partial charge on any atom is 0.0897 e. The maximum atomic E-state index is 9.77. The summed E-state index contributed by atoms with van der Waals surface area (Å²) in [6.07, 6.45) is 2.17. The molecule has 1 aromatic carbocycles. The molecule has 1 aromatic rings. The van der Waals surface area contributed by atoms with Crippen molar-refractivity contribution in [2.45, 2.75) is 39.3 Å². The summed E-state index contributed by atoms with van der Waals surface area (Å²) >= 11 is 0. The van der Waals surface area contributed by atoms with Gasteiger partial charge in [0.2, 0.25) is 0 Å². The van der Waals surface area contributed by atoms with Gasteiger partial charge in [0.25, 0.3) is 0 Å². The van der Waals surface area contributed by atoms with Gasteiger partial charge in [-0.15, -0.1) is 0 Å². The predicted molar refractivity (Wildman–Crippen MR) is 77.2 cm³/mol. The summed E-state index contributed by atoms with van der Waals surface area (Å²) in [5.74, 6) is 0.760. The number of rotatable bonds is 8. The molecule has 0 spiro atoms. The van der Waals surface area contributed by atoms with Gasteiger partial charge in [-0.1, -0.05) is 18.2 Å². The Balaban J connectivity index is 1.60. The number of nitrogens with one attached hydrogen (secondary N) is 1. The molecule has 1 aliphatic carbocycles. The fraction of sp³-hybridized carbons (Fsp3) is 0.625. The number of ether oxygens (including phenoxy) is 1. The second-order valence-corrected chi connectivity index (χ2v) is 5.68. The van der Waals surface area contributed by atoms with Crippen molar-refractivity contribution in [1.29, 1.82) is 0 Å². The zero-order valence-electron chi connectivity index (χ0n) is 12.0. The molecule has 0 saturated heterocycles. The lowest BCUT2D eigenvalue weighted by Crippen LogP contribution is -2.30. The van der Waals surface area contributed by atoms with Gasteiger partial charge in [0.1, 0.15) is 0 Å². The molecular weight excluding hydrogens is 238 g/mol. The average Bonchev–Trinajstić information content (AvgIpc) is 3.18. The molecule has 2 rings (SSSR count). The Morgan fingerprint density at radius 1 is 1.32 bits per heavy atom. The second-order valence-electron chi connectivity index (χ2n) is 5.68. The Hall–Kier alpha value is -0.900. The van der Waals surface area contributed by atoms with Crippen LogP contribution in [0.5, 0.6) is 0 Å². The third-order valence-electron chi connectivity index (χ3n) is 3.64. The van der Waals surface area contributed by atoms with Crippen LogP contribution in [-0.2, 0) is 11.3 Å². The highest BCUT2D eigenvalue weighted by Crippen LogP contribution is 2.28. The van der Waals surface area contributed by atoms with Gasteiger partial charge in [-0.25, -0.2) is 0 Å². The minimum Gasteiger partial charge on any atom is -0.389 e. The first-order valence-corrected chi connectivity index (χ1v) is 7.18. The van der Waals surface area contributed by atoms with E-state index in [9.17, 15) is 5.11 Å². The molecule has 0 aliphatic heterocycles. The van der Waals surface area contributed by atoms with Crippen LogP contribution in [0.2, 0.25) is 0 Å². The summed E-state index contributed by atoms with van der Waals surface area (Å²) < 4.78 is 5.47. The first kappa shape index (κ1) is 14.5. The van der Waals surface area contributed by atoms with Crippen molar-refractivity contribution in [3.8, 4) is 0 Å². The lowest BCUT2D eigenvalue weighted by molar-refractivity contribution is 0.0324. The normalized spacial score (nSPS) is 16.6. The van der Waals surface area contributed by atoms with Crippen LogP contribution in [0.3, 0.4) is 0 Å². The van der Waals surface area contributed by atoms with Crippen molar-refractivity contribution in [3.63, 3.8) is 0 Å². The Morgan fingerprint density at radius 2 is 2.11 bits per heavy atom. The van der Waals surface area contributed by atoms with Crippen LogP contribution in [-0.4, -0.2) is 31.0 Å². The fourth-order valence-electron chi connectivity index (χ4n) is 2.01. The van der Waals surface area contributed by atoms with E-state index < -0.39 is 6.10 Å². The molecule has 0 aromatic heterocycles. The summed E-state index contributed by atoms with van der Waals surface area (Å²) in [5, 5.41) is 13.0. The third kappa shape index (κ3) is 5.31. The van der Waals surface area contributed by atoms with E-state index in [0.29, 0.717) is 13.2 Å². The summed E-state index contributed by atoms with van der Waals surface area (Å²) in [6, 6.07) is 6.46. The highest BCUT2D eigenvalue weighted by atomic mass is 16.5. The van der Waals surface area contributed by atoms with Crippen LogP contribution < -0.4 is 5.32 Å². The molecule has 1 atom stereocenters. The van der Waals surface area contributed by atoms with E-state index in [1.807, 2.05) is 0 Å². The zero-order valence-corrected chi connectivity index (χ0v) is 12.0. The summed E-state index contributed by atoms with van der Waals surface area (Å²) in [5.41, 5.74) is 3.89. The Kier molecular flexibility index (Phi) is 5.37. The Labute approximate surface area is 116 Å². The molecule has 2 N–H and O–H groups in total. The highest BCUT2D eigenvalue weighted by Gasteiger charge is 2.21. The lowest BCUT2D eigenvalue weighted by atomic mass is 10.1. The van der Waals surface area contributed by atoms with E-state index in [1.54, 1.807) is 0 Å². The molecule has 0 amide bonds. The number of hydrogen-bond donors (Lipinski definition) is 2. The van der Waals surface area contributed by atoms with Crippen LogP contribution in [0.4, 0.5) is 0 Å². The lowest BCUT2D eigenvalue weighted by Gasteiger charge is -2.13. The Morgan fingerprint density at radius 3 is 2.79 bits per heavy atom. The van der Waals surface area contributed by atoms with E-state index >= 15 is 0 Å². The molecule has 1 unspecified atom stereocenters. The van der Waals surface area contributed by atoms with Crippen LogP contribution in [0, 0.1) is 19.8 Å². The maximum absolute atomic E-state index is 9.77. The number of aryl methyl sites for hydroxylation is 2. The quantitative estimate of drug-likeness (QED) is 0.755. The van der Waals surface area contributed by atoms with Gasteiger partial charge >= 0.3 is 0 Å². The van der Waals surface area contributed by atoms with Crippen LogP contribution >= 0.6 is 0 Å². The average molecular weight is 263 g/mol. The largest absolute Gasteiger partial charge is 0.389 e. The van der Waals surface area contributed by atoms with Gasteiger partial charge in [-0.2, -0.15) is 0 Å². The third-order valence-corrected chi connectivity index (χ3v) is 3.64. The summed E-state index contributed by atoms with van der Waals surface area (Å²) in [6.45, 7) is 6.87. The molecule has 0 heterocycles. The van der Waals surface area contributed by atoms with Gasteiger partial charge in [0.15, 0.2) is 0 Å². The molecule has 0 bridgehead atoms. The van der Waals surface area contributed by atoms with Crippen LogP contribution in [0.25, 0.3) is 0 Å². The van der Waals surface area contributed by atoms with Crippen molar-refractivity contribution in [2.24, 2.45) is 5.92 Å². The van der Waals surface area contributed by atoms with Crippen molar-refractivity contribution >= 4 is 0 Å².